The quantitative estimate of drug-likeness (QED) is 0.256. The van der Waals surface area contributed by atoms with Gasteiger partial charge in [-0.2, -0.15) is 5.26 Å². The molecule has 0 spiro atoms. The van der Waals surface area contributed by atoms with E-state index in [-0.39, 0.29) is 17.6 Å². The van der Waals surface area contributed by atoms with Crippen LogP contribution in [0, 0.1) is 11.3 Å². The fourth-order valence-electron chi connectivity index (χ4n) is 4.23. The molecule has 1 aliphatic rings. The third-order valence-corrected chi connectivity index (χ3v) is 7.48. The van der Waals surface area contributed by atoms with Crippen molar-refractivity contribution in [3.8, 4) is 11.8 Å². The van der Waals surface area contributed by atoms with Gasteiger partial charge in [0.2, 0.25) is 5.91 Å². The summed E-state index contributed by atoms with van der Waals surface area (Å²) in [6.07, 6.45) is 0. The molecule has 7 nitrogen and oxygen atoms in total. The largest absolute Gasteiger partial charge is 0.494 e. The fraction of sp³-hybridized carbons (Fsp3) is 0.167. The lowest BCUT2D eigenvalue weighted by Crippen LogP contribution is -2.31. The average Bonchev–Trinajstić information content (AvgIpc) is 2.93. The van der Waals surface area contributed by atoms with E-state index in [1.807, 2.05) is 61.5 Å². The molecular weight excluding hydrogens is 576 g/mol. The Morgan fingerprint density at radius 1 is 1.00 bits per heavy atom. The van der Waals surface area contributed by atoms with Gasteiger partial charge in [-0.15, -0.1) is 0 Å². The van der Waals surface area contributed by atoms with Crippen LogP contribution in [-0.4, -0.2) is 24.2 Å². The van der Waals surface area contributed by atoms with Crippen LogP contribution in [-0.2, 0) is 9.59 Å². The van der Waals surface area contributed by atoms with Crippen molar-refractivity contribution < 1.29 is 14.3 Å². The predicted molar refractivity (Wildman–Crippen MR) is 159 cm³/mol. The number of halogens is 1. The Labute approximate surface area is 240 Å². The number of carbonyl (C=O) groups excluding carboxylic acids is 2. The zero-order valence-electron chi connectivity index (χ0n) is 21.5. The van der Waals surface area contributed by atoms with Gasteiger partial charge >= 0.3 is 0 Å². The number of nitrogens with zero attached hydrogens (tertiary/aromatic N) is 1. The molecule has 1 heterocycles. The minimum atomic E-state index is -0.695. The van der Waals surface area contributed by atoms with E-state index in [1.54, 1.807) is 31.2 Å². The summed E-state index contributed by atoms with van der Waals surface area (Å²) < 4.78 is 6.81. The monoisotopic (exact) mass is 602 g/mol. The number of thioether (sulfide) groups is 1. The Bertz CT molecular complexity index is 1460. The van der Waals surface area contributed by atoms with Crippen molar-refractivity contribution >= 4 is 50.9 Å². The fourth-order valence-corrected chi connectivity index (χ4v) is 5.39. The van der Waals surface area contributed by atoms with Crippen molar-refractivity contribution in [3.63, 3.8) is 0 Å². The van der Waals surface area contributed by atoms with E-state index in [9.17, 15) is 14.9 Å². The van der Waals surface area contributed by atoms with E-state index >= 15 is 0 Å². The molecule has 198 valence electrons. The molecule has 4 rings (SSSR count). The first-order valence-corrected chi connectivity index (χ1v) is 14.1. The third kappa shape index (κ3) is 6.91. The Kier molecular flexibility index (Phi) is 9.47. The number of nitrogens with one attached hydrogen (secondary N) is 3. The Balaban J connectivity index is 1.67. The number of benzene rings is 3. The second kappa shape index (κ2) is 13.2. The third-order valence-electron chi connectivity index (χ3n) is 5.93. The SMILES string of the molecule is CCOc1ccccc1C1C(C#N)=C(SCC(=O)Nc2ccc(Br)cc2)NC(C)=C1C(=O)Nc1ccccc1. The molecule has 1 aliphatic heterocycles. The van der Waals surface area contributed by atoms with E-state index in [0.717, 1.165) is 4.47 Å². The van der Waals surface area contributed by atoms with E-state index < -0.39 is 5.92 Å². The zero-order chi connectivity index (χ0) is 27.8. The number of carbonyl (C=O) groups is 2. The van der Waals surface area contributed by atoms with Crippen LogP contribution in [0.1, 0.15) is 25.3 Å². The normalized spacial score (nSPS) is 14.8. The minimum absolute atomic E-state index is 0.0717. The smallest absolute Gasteiger partial charge is 0.254 e. The maximum absolute atomic E-state index is 13.6. The summed E-state index contributed by atoms with van der Waals surface area (Å²) in [6.45, 7) is 4.11. The van der Waals surface area contributed by atoms with Gasteiger partial charge in [-0.1, -0.05) is 64.1 Å². The highest BCUT2D eigenvalue weighted by Gasteiger charge is 2.36. The molecule has 0 fully saturated rings. The molecule has 2 amide bonds. The molecule has 0 radical (unpaired) electrons. The number of para-hydroxylation sites is 2. The number of nitriles is 1. The van der Waals surface area contributed by atoms with Gasteiger partial charge in [0, 0.05) is 32.7 Å². The Morgan fingerprint density at radius 3 is 2.36 bits per heavy atom. The number of hydrogen-bond acceptors (Lipinski definition) is 6. The first-order valence-electron chi connectivity index (χ1n) is 12.3. The summed E-state index contributed by atoms with van der Waals surface area (Å²) >= 11 is 4.60. The zero-order valence-corrected chi connectivity index (χ0v) is 23.9. The van der Waals surface area contributed by atoms with Crippen LogP contribution in [0.25, 0.3) is 0 Å². The van der Waals surface area contributed by atoms with Gasteiger partial charge in [-0.3, -0.25) is 9.59 Å². The topological polar surface area (TPSA) is 103 Å². The Hall–Kier alpha value is -4.00. The molecule has 39 heavy (non-hydrogen) atoms. The molecule has 3 aromatic carbocycles. The second-order valence-corrected chi connectivity index (χ2v) is 10.5. The first kappa shape index (κ1) is 28.0. The summed E-state index contributed by atoms with van der Waals surface area (Å²) in [5.41, 5.74) is 3.36. The number of dihydropyridines is 1. The number of rotatable bonds is 9. The lowest BCUT2D eigenvalue weighted by molar-refractivity contribution is -0.114. The summed E-state index contributed by atoms with van der Waals surface area (Å²) in [7, 11) is 0. The number of hydrogen-bond donors (Lipinski definition) is 3. The van der Waals surface area contributed by atoms with E-state index in [2.05, 4.69) is 37.9 Å². The standard InChI is InChI=1S/C30H27BrN4O3S/c1-3-38-25-12-8-7-11-23(25)28-24(17-32)30(39-18-26(36)34-22-15-13-20(31)14-16-22)33-19(2)27(28)29(37)35-21-9-5-4-6-10-21/h4-16,28,33H,3,18H2,1-2H3,(H,34,36)(H,35,37). The molecule has 0 saturated heterocycles. The first-order chi connectivity index (χ1) is 18.9. The van der Waals surface area contributed by atoms with Crippen molar-refractivity contribution in [2.24, 2.45) is 0 Å². The van der Waals surface area contributed by atoms with Crippen molar-refractivity contribution in [1.82, 2.24) is 5.32 Å². The van der Waals surface area contributed by atoms with E-state index in [1.165, 1.54) is 11.8 Å². The van der Waals surface area contributed by atoms with Gasteiger partial charge in [0.05, 0.1) is 34.9 Å². The number of ether oxygens (including phenoxy) is 1. The number of allylic oxidation sites excluding steroid dienone is 2. The summed E-state index contributed by atoms with van der Waals surface area (Å²) in [5.74, 6) is -0.571. The highest BCUT2D eigenvalue weighted by molar-refractivity contribution is 9.10. The van der Waals surface area contributed by atoms with Crippen LogP contribution in [0.5, 0.6) is 5.75 Å². The maximum atomic E-state index is 13.6. The van der Waals surface area contributed by atoms with Crippen molar-refractivity contribution in [1.29, 1.82) is 5.26 Å². The van der Waals surface area contributed by atoms with E-state index in [0.29, 0.717) is 51.2 Å². The van der Waals surface area contributed by atoms with Gasteiger partial charge in [-0.25, -0.2) is 0 Å². The van der Waals surface area contributed by atoms with Crippen LogP contribution < -0.4 is 20.7 Å². The lowest BCUT2D eigenvalue weighted by Gasteiger charge is -2.30. The van der Waals surface area contributed by atoms with Gasteiger partial charge in [-0.05, 0) is 56.3 Å². The van der Waals surface area contributed by atoms with Gasteiger partial charge in [0.25, 0.3) is 5.91 Å². The summed E-state index contributed by atoms with van der Waals surface area (Å²) in [6, 6.07) is 26.2. The van der Waals surface area contributed by atoms with Gasteiger partial charge in [0.1, 0.15) is 5.75 Å². The van der Waals surface area contributed by atoms with Crippen LogP contribution in [0.15, 0.2) is 105 Å². The van der Waals surface area contributed by atoms with Crippen LogP contribution in [0.3, 0.4) is 0 Å². The predicted octanol–water partition coefficient (Wildman–Crippen LogP) is 6.55. The molecule has 3 N–H and O–H groups in total. The molecule has 9 heteroatoms. The number of amides is 2. The molecule has 1 atom stereocenters. The molecule has 0 saturated carbocycles. The summed E-state index contributed by atoms with van der Waals surface area (Å²) in [4.78, 5) is 26.3. The highest BCUT2D eigenvalue weighted by atomic mass is 79.9. The minimum Gasteiger partial charge on any atom is -0.494 e. The molecule has 3 aromatic rings. The molecule has 0 bridgehead atoms. The highest BCUT2D eigenvalue weighted by Crippen LogP contribution is 2.44. The van der Waals surface area contributed by atoms with Crippen molar-refractivity contribution in [3.05, 3.63) is 111 Å². The molecule has 0 aliphatic carbocycles. The van der Waals surface area contributed by atoms with Crippen molar-refractivity contribution in [2.45, 2.75) is 19.8 Å². The van der Waals surface area contributed by atoms with Crippen LogP contribution in [0.4, 0.5) is 11.4 Å². The van der Waals surface area contributed by atoms with Crippen molar-refractivity contribution in [2.75, 3.05) is 23.0 Å². The lowest BCUT2D eigenvalue weighted by atomic mass is 9.81. The summed E-state index contributed by atoms with van der Waals surface area (Å²) in [5, 5.41) is 19.9. The molecular formula is C30H27BrN4O3S. The van der Waals surface area contributed by atoms with Gasteiger partial charge < -0.3 is 20.7 Å². The second-order valence-electron chi connectivity index (χ2n) is 8.59. The molecule has 0 aromatic heterocycles. The molecule has 1 unspecified atom stereocenters. The number of anilines is 2. The Morgan fingerprint density at radius 2 is 1.67 bits per heavy atom. The van der Waals surface area contributed by atoms with Gasteiger partial charge in [0.15, 0.2) is 0 Å². The van der Waals surface area contributed by atoms with E-state index in [4.69, 9.17) is 4.74 Å². The average molecular weight is 604 g/mol. The van der Waals surface area contributed by atoms with Crippen LogP contribution >= 0.6 is 27.7 Å². The maximum Gasteiger partial charge on any atom is 0.254 e. The van der Waals surface area contributed by atoms with Crippen LogP contribution in [0.2, 0.25) is 0 Å².